The molecule has 4 nitrogen and oxygen atoms in total. The van der Waals surface area contributed by atoms with Gasteiger partial charge < -0.3 is 4.74 Å². The largest absolute Gasteiger partial charge is 0.490 e. The van der Waals surface area contributed by atoms with E-state index < -0.39 is 0 Å². The smallest absolute Gasteiger partial charge is 0.269 e. The monoisotopic (exact) mass is 349 g/mol. The lowest BCUT2D eigenvalue weighted by Gasteiger charge is -2.58. The van der Waals surface area contributed by atoms with Crippen molar-refractivity contribution in [1.82, 2.24) is 0 Å². The fourth-order valence-corrected chi connectivity index (χ4v) is 6.04. The Morgan fingerprint density at radius 3 is 2.35 bits per heavy atom. The summed E-state index contributed by atoms with van der Waals surface area (Å²) in [6, 6.07) is 17.5. The normalized spacial score (nSPS) is 34.6. The first kappa shape index (κ1) is 15.9. The number of hydrogen-bond donors (Lipinski definition) is 0. The number of rotatable bonds is 4. The van der Waals surface area contributed by atoms with Crippen LogP contribution in [0.2, 0.25) is 0 Å². The summed E-state index contributed by atoms with van der Waals surface area (Å²) in [5, 5.41) is 10.9. The van der Waals surface area contributed by atoms with Gasteiger partial charge >= 0.3 is 0 Å². The minimum atomic E-state index is -0.363. The van der Waals surface area contributed by atoms with E-state index >= 15 is 0 Å². The number of nitro groups is 1. The molecular formula is C22H23NO3. The van der Waals surface area contributed by atoms with Crippen LogP contribution in [0.25, 0.3) is 0 Å². The predicted molar refractivity (Wildman–Crippen MR) is 99.1 cm³/mol. The molecule has 4 heteroatoms. The standard InChI is InChI=1S/C22H23NO3/c24-23(25)18-6-8-19(9-7-18)26-22-17-11-14-10-16(13-17)21(20(22)12-14)15-4-2-1-3-5-15/h1-9,14,16-17,20-22H,10-13H2. The van der Waals surface area contributed by atoms with Crippen molar-refractivity contribution in [3.8, 4) is 5.75 Å². The highest BCUT2D eigenvalue weighted by Gasteiger charge is 2.54. The van der Waals surface area contributed by atoms with Gasteiger partial charge in [-0.25, -0.2) is 0 Å². The maximum absolute atomic E-state index is 10.9. The molecule has 0 spiro atoms. The number of benzene rings is 2. The molecule has 4 aliphatic rings. The third-order valence-corrected chi connectivity index (χ3v) is 6.84. The second kappa shape index (κ2) is 6.11. The summed E-state index contributed by atoms with van der Waals surface area (Å²) in [4.78, 5) is 10.5. The van der Waals surface area contributed by atoms with Gasteiger partial charge in [0, 0.05) is 18.1 Å². The molecule has 6 unspecified atom stereocenters. The lowest BCUT2D eigenvalue weighted by molar-refractivity contribution is -0.384. The van der Waals surface area contributed by atoms with E-state index in [1.54, 1.807) is 24.3 Å². The van der Waals surface area contributed by atoms with Crippen LogP contribution in [0.3, 0.4) is 0 Å². The zero-order valence-corrected chi connectivity index (χ0v) is 14.7. The van der Waals surface area contributed by atoms with E-state index in [0.717, 1.165) is 17.6 Å². The molecule has 26 heavy (non-hydrogen) atoms. The molecule has 4 bridgehead atoms. The van der Waals surface area contributed by atoms with Gasteiger partial charge in [-0.05, 0) is 67.1 Å². The van der Waals surface area contributed by atoms with Crippen LogP contribution < -0.4 is 4.74 Å². The Kier molecular flexibility index (Phi) is 3.73. The fraction of sp³-hybridized carbons (Fsp3) is 0.455. The Morgan fingerprint density at radius 1 is 0.885 bits per heavy atom. The van der Waals surface area contributed by atoms with E-state index in [2.05, 4.69) is 30.3 Å². The number of non-ortho nitro benzene ring substituents is 1. The molecule has 6 rings (SSSR count). The first-order chi connectivity index (χ1) is 12.7. The van der Waals surface area contributed by atoms with Crippen molar-refractivity contribution in [2.75, 3.05) is 0 Å². The summed E-state index contributed by atoms with van der Waals surface area (Å²) in [5.74, 6) is 4.19. The number of nitro benzene ring substituents is 1. The molecule has 0 amide bonds. The van der Waals surface area contributed by atoms with Crippen molar-refractivity contribution in [2.45, 2.75) is 37.7 Å². The van der Waals surface area contributed by atoms with Crippen molar-refractivity contribution in [3.05, 3.63) is 70.3 Å². The molecule has 0 heterocycles. The molecule has 2 aromatic rings. The Labute approximate surface area is 153 Å². The Hall–Kier alpha value is -2.36. The molecule has 6 atom stereocenters. The predicted octanol–water partition coefficient (Wildman–Crippen LogP) is 5.19. The minimum Gasteiger partial charge on any atom is -0.490 e. The van der Waals surface area contributed by atoms with E-state index in [-0.39, 0.29) is 16.7 Å². The van der Waals surface area contributed by atoms with Crippen LogP contribution in [0.4, 0.5) is 5.69 Å². The Morgan fingerprint density at radius 2 is 1.62 bits per heavy atom. The van der Waals surface area contributed by atoms with E-state index in [1.165, 1.54) is 31.2 Å². The van der Waals surface area contributed by atoms with E-state index in [4.69, 9.17) is 4.74 Å². The molecule has 2 aromatic carbocycles. The van der Waals surface area contributed by atoms with Gasteiger partial charge in [0.1, 0.15) is 11.9 Å². The zero-order chi connectivity index (χ0) is 17.7. The van der Waals surface area contributed by atoms with Crippen molar-refractivity contribution in [3.63, 3.8) is 0 Å². The first-order valence-corrected chi connectivity index (χ1v) is 9.65. The second-order valence-corrected chi connectivity index (χ2v) is 8.26. The SMILES string of the molecule is O=[N+]([O-])c1ccc(OC2C3CC4CC(C3)C(c3ccccc3)C2C4)cc1. The van der Waals surface area contributed by atoms with Crippen molar-refractivity contribution >= 4 is 5.69 Å². The molecule has 4 saturated carbocycles. The van der Waals surface area contributed by atoms with Gasteiger partial charge in [0.05, 0.1) is 4.92 Å². The topological polar surface area (TPSA) is 52.4 Å². The molecular weight excluding hydrogens is 326 g/mol. The second-order valence-electron chi connectivity index (χ2n) is 8.26. The third-order valence-electron chi connectivity index (χ3n) is 6.84. The van der Waals surface area contributed by atoms with Gasteiger partial charge in [0.15, 0.2) is 0 Å². The molecule has 4 aliphatic carbocycles. The highest BCUT2D eigenvalue weighted by atomic mass is 16.6. The highest BCUT2D eigenvalue weighted by molar-refractivity contribution is 5.36. The number of nitrogens with zero attached hydrogens (tertiary/aromatic N) is 1. The summed E-state index contributed by atoms with van der Waals surface area (Å²) in [5.41, 5.74) is 1.57. The third kappa shape index (κ3) is 2.59. The van der Waals surface area contributed by atoms with Crippen LogP contribution in [0.5, 0.6) is 5.75 Å². The van der Waals surface area contributed by atoms with Gasteiger partial charge in [-0.2, -0.15) is 0 Å². The number of hydrogen-bond acceptors (Lipinski definition) is 3. The molecule has 0 radical (unpaired) electrons. The lowest BCUT2D eigenvalue weighted by Crippen LogP contribution is -2.54. The first-order valence-electron chi connectivity index (χ1n) is 9.65. The van der Waals surface area contributed by atoms with Crippen molar-refractivity contribution in [2.24, 2.45) is 23.7 Å². The van der Waals surface area contributed by atoms with Crippen LogP contribution >= 0.6 is 0 Å². The average Bonchev–Trinajstić information content (AvgIpc) is 2.65. The minimum absolute atomic E-state index is 0.115. The highest BCUT2D eigenvalue weighted by Crippen LogP contribution is 2.60. The van der Waals surface area contributed by atoms with E-state index in [1.807, 2.05) is 0 Å². The van der Waals surface area contributed by atoms with Gasteiger partial charge in [-0.15, -0.1) is 0 Å². The summed E-state index contributed by atoms with van der Waals surface area (Å²) in [6.07, 6.45) is 5.40. The Bertz CT molecular complexity index is 804. The van der Waals surface area contributed by atoms with Crippen LogP contribution in [0, 0.1) is 33.8 Å². The van der Waals surface area contributed by atoms with Crippen molar-refractivity contribution < 1.29 is 9.66 Å². The van der Waals surface area contributed by atoms with E-state index in [0.29, 0.717) is 17.8 Å². The molecule has 4 fully saturated rings. The molecule has 0 aliphatic heterocycles. The fourth-order valence-electron chi connectivity index (χ4n) is 6.04. The van der Waals surface area contributed by atoms with Crippen molar-refractivity contribution in [1.29, 1.82) is 0 Å². The van der Waals surface area contributed by atoms with Gasteiger partial charge in [-0.1, -0.05) is 30.3 Å². The molecule has 0 N–H and O–H groups in total. The maximum atomic E-state index is 10.9. The van der Waals surface area contributed by atoms with Gasteiger partial charge in [0.25, 0.3) is 5.69 Å². The number of ether oxygens (including phenoxy) is 1. The quantitative estimate of drug-likeness (QED) is 0.564. The summed E-state index contributed by atoms with van der Waals surface area (Å²) in [6.45, 7) is 0. The van der Waals surface area contributed by atoms with Crippen LogP contribution in [0.1, 0.15) is 37.2 Å². The maximum Gasteiger partial charge on any atom is 0.269 e. The summed E-state index contributed by atoms with van der Waals surface area (Å²) >= 11 is 0. The van der Waals surface area contributed by atoms with Crippen LogP contribution in [0.15, 0.2) is 54.6 Å². The van der Waals surface area contributed by atoms with Crippen LogP contribution in [-0.2, 0) is 0 Å². The molecule has 134 valence electrons. The van der Waals surface area contributed by atoms with E-state index in [9.17, 15) is 10.1 Å². The van der Waals surface area contributed by atoms with Gasteiger partial charge in [0.2, 0.25) is 0 Å². The summed E-state index contributed by atoms with van der Waals surface area (Å²) < 4.78 is 6.46. The lowest BCUT2D eigenvalue weighted by atomic mass is 9.49. The average molecular weight is 349 g/mol. The zero-order valence-electron chi connectivity index (χ0n) is 14.7. The Balaban J connectivity index is 1.42. The summed E-state index contributed by atoms with van der Waals surface area (Å²) in [7, 11) is 0. The molecule has 0 saturated heterocycles. The van der Waals surface area contributed by atoms with Crippen LogP contribution in [-0.4, -0.2) is 11.0 Å². The van der Waals surface area contributed by atoms with Gasteiger partial charge in [-0.3, -0.25) is 10.1 Å². The molecule has 0 aromatic heterocycles.